The first-order chi connectivity index (χ1) is 20.9. The molecule has 230 valence electrons. The average molecular weight is 591 g/mol. The molecular weight excluding hydrogens is 548 g/mol. The summed E-state index contributed by atoms with van der Waals surface area (Å²) in [5.74, 6) is 0.872. The van der Waals surface area contributed by atoms with Crippen LogP contribution in [0.1, 0.15) is 48.9 Å². The summed E-state index contributed by atoms with van der Waals surface area (Å²) in [5.41, 5.74) is 13.3. The van der Waals surface area contributed by atoms with Gasteiger partial charge in [-0.3, -0.25) is 14.6 Å². The lowest BCUT2D eigenvalue weighted by Crippen LogP contribution is -2.44. The third kappa shape index (κ3) is 7.95. The van der Waals surface area contributed by atoms with E-state index in [4.69, 9.17) is 20.9 Å². The summed E-state index contributed by atoms with van der Waals surface area (Å²) < 4.78 is 10.9. The number of aromatic nitrogens is 3. The summed E-state index contributed by atoms with van der Waals surface area (Å²) in [5, 5.41) is 4.24. The van der Waals surface area contributed by atoms with Crippen molar-refractivity contribution in [2.45, 2.75) is 50.6 Å². The minimum absolute atomic E-state index is 0.0188. The van der Waals surface area contributed by atoms with E-state index in [1.165, 1.54) is 0 Å². The summed E-state index contributed by atoms with van der Waals surface area (Å²) in [6.45, 7) is 3.02. The van der Waals surface area contributed by atoms with E-state index >= 15 is 0 Å². The minimum Gasteiger partial charge on any atom is -0.378 e. The van der Waals surface area contributed by atoms with Gasteiger partial charge in [0.05, 0.1) is 43.2 Å². The molecule has 2 aliphatic rings. The van der Waals surface area contributed by atoms with E-state index in [2.05, 4.69) is 25.2 Å². The van der Waals surface area contributed by atoms with Gasteiger partial charge in [-0.1, -0.05) is 0 Å². The van der Waals surface area contributed by atoms with E-state index in [0.717, 1.165) is 55.1 Å². The third-order valence-electron chi connectivity index (χ3n) is 8.13. The Morgan fingerprint density at radius 1 is 0.953 bits per heavy atom. The molecule has 2 fully saturated rings. The molecule has 5 N–H and O–H groups in total. The molecule has 0 atom stereocenters. The Balaban J connectivity index is 1.22. The highest BCUT2D eigenvalue weighted by molar-refractivity contribution is 5.99. The molecule has 0 unspecified atom stereocenters. The van der Waals surface area contributed by atoms with Gasteiger partial charge in [0.15, 0.2) is 0 Å². The molecule has 0 aliphatic heterocycles. The largest absolute Gasteiger partial charge is 0.378 e. The van der Waals surface area contributed by atoms with E-state index in [1.807, 2.05) is 31.3 Å². The molecule has 0 spiro atoms. The predicted molar refractivity (Wildman–Crippen MR) is 165 cm³/mol. The van der Waals surface area contributed by atoms with Crippen molar-refractivity contribution in [3.05, 3.63) is 48.4 Å². The first kappa shape index (κ1) is 30.6. The molecule has 12 heteroatoms. The highest BCUT2D eigenvalue weighted by Gasteiger charge is 2.39. The lowest BCUT2D eigenvalue weighted by molar-refractivity contribution is -0.136. The van der Waals surface area contributed by atoms with Crippen LogP contribution in [0.4, 0.5) is 17.3 Å². The fourth-order valence-electron chi connectivity index (χ4n) is 5.76. The summed E-state index contributed by atoms with van der Waals surface area (Å²) in [7, 11) is 1.84. The van der Waals surface area contributed by atoms with Gasteiger partial charge in [0, 0.05) is 68.2 Å². The molecule has 43 heavy (non-hydrogen) atoms. The molecule has 0 radical (unpaired) electrons. The standard InChI is InChI=1S/C31H42N8O4/c1-38(13-15-43-17-16-42-14-11-32)31(41)21-2-5-23(6-3-21)39(24-7-8-24)27-18-29(35-20-25(27)30(33)40)37-28-9-4-22-19-34-12-10-26(22)36-28/h4,9-10,12,18-21,23-24H,2-3,5-8,11,13-17,32H2,1H3,(H2,33,40)(H,35,36,37). The normalized spacial score (nSPS) is 18.4. The Hall–Kier alpha value is -3.87. The van der Waals surface area contributed by atoms with Crippen molar-refractivity contribution in [2.24, 2.45) is 17.4 Å². The zero-order valence-corrected chi connectivity index (χ0v) is 24.8. The second-order valence-corrected chi connectivity index (χ2v) is 11.3. The quantitative estimate of drug-likeness (QED) is 0.224. The Morgan fingerprint density at radius 2 is 1.67 bits per heavy atom. The maximum Gasteiger partial charge on any atom is 0.252 e. The van der Waals surface area contributed by atoms with Crippen molar-refractivity contribution in [1.29, 1.82) is 0 Å². The van der Waals surface area contributed by atoms with Gasteiger partial charge in [0.2, 0.25) is 5.91 Å². The monoisotopic (exact) mass is 590 g/mol. The maximum absolute atomic E-state index is 13.2. The molecule has 3 aromatic heterocycles. The van der Waals surface area contributed by atoms with Gasteiger partial charge in [0.1, 0.15) is 11.6 Å². The Kier molecular flexibility index (Phi) is 10.3. The lowest BCUT2D eigenvalue weighted by Gasteiger charge is -2.39. The molecule has 0 saturated heterocycles. The van der Waals surface area contributed by atoms with Gasteiger partial charge < -0.3 is 36.1 Å². The number of hydrogen-bond acceptors (Lipinski definition) is 10. The molecule has 12 nitrogen and oxygen atoms in total. The smallest absolute Gasteiger partial charge is 0.252 e. The fraction of sp³-hybridized carbons (Fsp3) is 0.516. The molecule has 3 aromatic rings. The summed E-state index contributed by atoms with van der Waals surface area (Å²) in [6, 6.07) is 8.15. The SMILES string of the molecule is CN(CCOCCOCCN)C(=O)C1CCC(N(c2cc(Nc3ccc4cnccc4n3)ncc2C(N)=O)C2CC2)CC1. The number of nitrogens with one attached hydrogen (secondary N) is 1. The minimum atomic E-state index is -0.505. The van der Waals surface area contributed by atoms with Crippen molar-refractivity contribution >= 4 is 40.0 Å². The second kappa shape index (κ2) is 14.5. The number of carbonyl (C=O) groups is 2. The highest BCUT2D eigenvalue weighted by Crippen LogP contribution is 2.41. The van der Waals surface area contributed by atoms with Crippen LogP contribution in [0.5, 0.6) is 0 Å². The number of amides is 2. The van der Waals surface area contributed by atoms with Crippen LogP contribution < -0.4 is 21.7 Å². The van der Waals surface area contributed by atoms with Crippen molar-refractivity contribution in [2.75, 3.05) is 56.8 Å². The second-order valence-electron chi connectivity index (χ2n) is 11.3. The van der Waals surface area contributed by atoms with E-state index in [1.54, 1.807) is 23.5 Å². The predicted octanol–water partition coefficient (Wildman–Crippen LogP) is 2.85. The van der Waals surface area contributed by atoms with Crippen LogP contribution in [-0.4, -0.2) is 90.3 Å². The van der Waals surface area contributed by atoms with E-state index in [9.17, 15) is 9.59 Å². The Bertz CT molecular complexity index is 1390. The maximum atomic E-state index is 13.2. The number of nitrogens with zero attached hydrogens (tertiary/aromatic N) is 5. The number of fused-ring (bicyclic) bond motifs is 1. The Morgan fingerprint density at radius 3 is 2.37 bits per heavy atom. The van der Waals surface area contributed by atoms with Gasteiger partial charge in [-0.2, -0.15) is 0 Å². The van der Waals surface area contributed by atoms with E-state index in [-0.39, 0.29) is 17.9 Å². The van der Waals surface area contributed by atoms with Crippen molar-refractivity contribution < 1.29 is 19.1 Å². The number of primary amides is 1. The number of rotatable bonds is 15. The molecule has 5 rings (SSSR count). The first-order valence-corrected chi connectivity index (χ1v) is 15.1. The number of pyridine rings is 3. The molecule has 0 bridgehead atoms. The van der Waals surface area contributed by atoms with Crippen LogP contribution in [0.2, 0.25) is 0 Å². The molecule has 0 aromatic carbocycles. The van der Waals surface area contributed by atoms with Crippen LogP contribution in [0.15, 0.2) is 42.9 Å². The summed E-state index contributed by atoms with van der Waals surface area (Å²) in [4.78, 5) is 43.1. The summed E-state index contributed by atoms with van der Waals surface area (Å²) >= 11 is 0. The van der Waals surface area contributed by atoms with Gasteiger partial charge in [-0.25, -0.2) is 9.97 Å². The van der Waals surface area contributed by atoms with Crippen LogP contribution >= 0.6 is 0 Å². The van der Waals surface area contributed by atoms with E-state index < -0.39 is 5.91 Å². The Labute approximate surface area is 252 Å². The zero-order valence-electron chi connectivity index (χ0n) is 24.8. The van der Waals surface area contributed by atoms with Gasteiger partial charge in [0.25, 0.3) is 5.91 Å². The summed E-state index contributed by atoms with van der Waals surface area (Å²) in [6.07, 6.45) is 10.5. The van der Waals surface area contributed by atoms with Crippen LogP contribution in [0.25, 0.3) is 10.9 Å². The fourth-order valence-corrected chi connectivity index (χ4v) is 5.76. The lowest BCUT2D eigenvalue weighted by atomic mass is 9.84. The van der Waals surface area contributed by atoms with Crippen molar-refractivity contribution in [3.63, 3.8) is 0 Å². The first-order valence-electron chi connectivity index (χ1n) is 15.1. The number of hydrogen-bond donors (Lipinski definition) is 3. The number of nitrogens with two attached hydrogens (primary N) is 2. The number of ether oxygens (including phenoxy) is 2. The molecule has 2 saturated carbocycles. The number of anilines is 3. The molecule has 2 amide bonds. The topological polar surface area (TPSA) is 162 Å². The zero-order chi connectivity index (χ0) is 30.2. The average Bonchev–Trinajstić information content (AvgIpc) is 3.86. The van der Waals surface area contributed by atoms with Gasteiger partial charge in [-0.05, 0) is 56.7 Å². The van der Waals surface area contributed by atoms with Gasteiger partial charge in [-0.15, -0.1) is 0 Å². The molecule has 2 aliphatic carbocycles. The van der Waals surface area contributed by atoms with Crippen molar-refractivity contribution in [1.82, 2.24) is 19.9 Å². The van der Waals surface area contributed by atoms with Gasteiger partial charge >= 0.3 is 0 Å². The number of carbonyl (C=O) groups excluding carboxylic acids is 2. The highest BCUT2D eigenvalue weighted by atomic mass is 16.5. The molecule has 3 heterocycles. The number of likely N-dealkylation sites (N-methyl/N-ethyl adjacent to an activating group) is 1. The van der Waals surface area contributed by atoms with Crippen LogP contribution in [-0.2, 0) is 14.3 Å². The van der Waals surface area contributed by atoms with Crippen LogP contribution in [0.3, 0.4) is 0 Å². The van der Waals surface area contributed by atoms with Crippen LogP contribution in [0, 0.1) is 5.92 Å². The van der Waals surface area contributed by atoms with E-state index in [0.29, 0.717) is 62.8 Å². The third-order valence-corrected chi connectivity index (χ3v) is 8.13. The molecular formula is C31H42N8O4. The van der Waals surface area contributed by atoms with Crippen molar-refractivity contribution in [3.8, 4) is 0 Å².